The van der Waals surface area contributed by atoms with Crippen LogP contribution in [0.5, 0.6) is 5.75 Å². The molecule has 0 saturated heterocycles. The number of ether oxygens (including phenoxy) is 1. The second-order valence-corrected chi connectivity index (χ2v) is 6.35. The van der Waals surface area contributed by atoms with E-state index in [-0.39, 0.29) is 0 Å². The maximum atomic E-state index is 9.46. The van der Waals surface area contributed by atoms with E-state index in [1.165, 1.54) is 11.3 Å². The number of allylic oxidation sites excluding steroid dienone is 1. The molecule has 4 nitrogen and oxygen atoms in total. The molecule has 0 aliphatic carbocycles. The number of nitrogens with zero attached hydrogens (tertiary/aromatic N) is 2. The lowest BCUT2D eigenvalue weighted by atomic mass is 10.2. The van der Waals surface area contributed by atoms with Crippen LogP contribution in [0.1, 0.15) is 5.01 Å². The number of anilines is 1. The number of hydrogen-bond acceptors (Lipinski definition) is 5. The van der Waals surface area contributed by atoms with E-state index in [0.717, 1.165) is 16.9 Å². The normalized spacial score (nSPS) is 11.0. The Bertz CT molecular complexity index is 942. The fourth-order valence-electron chi connectivity index (χ4n) is 2.21. The van der Waals surface area contributed by atoms with Gasteiger partial charge in [-0.15, -0.1) is 11.3 Å². The van der Waals surface area contributed by atoms with E-state index in [1.807, 2.05) is 53.9 Å². The molecule has 1 heterocycles. The van der Waals surface area contributed by atoms with Crippen LogP contribution < -0.4 is 10.1 Å². The van der Waals surface area contributed by atoms with Gasteiger partial charge in [0.1, 0.15) is 22.4 Å². The van der Waals surface area contributed by atoms with Crippen molar-refractivity contribution in [1.29, 1.82) is 5.26 Å². The molecule has 0 spiro atoms. The summed E-state index contributed by atoms with van der Waals surface area (Å²) in [5.74, 6) is 0.706. The molecule has 0 saturated carbocycles. The monoisotopic (exact) mass is 367 g/mol. The highest BCUT2D eigenvalue weighted by Gasteiger charge is 2.09. The van der Waals surface area contributed by atoms with E-state index in [9.17, 15) is 5.26 Å². The maximum absolute atomic E-state index is 9.46. The summed E-state index contributed by atoms with van der Waals surface area (Å²) in [4.78, 5) is 4.55. The van der Waals surface area contributed by atoms with Gasteiger partial charge in [-0.2, -0.15) is 5.26 Å². The summed E-state index contributed by atoms with van der Waals surface area (Å²) >= 11 is 7.33. The van der Waals surface area contributed by atoms with Crippen molar-refractivity contribution in [3.63, 3.8) is 0 Å². The number of benzene rings is 2. The zero-order chi connectivity index (χ0) is 17.6. The minimum atomic E-state index is 0.455. The van der Waals surface area contributed by atoms with Gasteiger partial charge in [0.2, 0.25) is 0 Å². The van der Waals surface area contributed by atoms with Gasteiger partial charge in [0.25, 0.3) is 0 Å². The molecular weight excluding hydrogens is 354 g/mol. The molecule has 3 rings (SSSR count). The van der Waals surface area contributed by atoms with Crippen LogP contribution in [0.2, 0.25) is 5.02 Å². The molecule has 0 aliphatic rings. The van der Waals surface area contributed by atoms with Gasteiger partial charge in [0.15, 0.2) is 0 Å². The molecule has 0 unspecified atom stereocenters. The Morgan fingerprint density at radius 2 is 2.00 bits per heavy atom. The average molecular weight is 368 g/mol. The van der Waals surface area contributed by atoms with Crippen molar-refractivity contribution in [3.05, 3.63) is 70.1 Å². The first kappa shape index (κ1) is 17.0. The molecular formula is C19H14ClN3OS. The van der Waals surface area contributed by atoms with Gasteiger partial charge in [-0.1, -0.05) is 35.9 Å². The lowest BCUT2D eigenvalue weighted by Gasteiger charge is -2.07. The Hall–Kier alpha value is -2.81. The molecule has 1 N–H and O–H groups in total. The maximum Gasteiger partial charge on any atom is 0.142 e. The van der Waals surface area contributed by atoms with Crippen LogP contribution >= 0.6 is 22.9 Å². The summed E-state index contributed by atoms with van der Waals surface area (Å²) < 4.78 is 5.29. The summed E-state index contributed by atoms with van der Waals surface area (Å²) in [6, 6.07) is 17.2. The molecule has 6 heteroatoms. The van der Waals surface area contributed by atoms with E-state index < -0.39 is 0 Å². The predicted molar refractivity (Wildman–Crippen MR) is 103 cm³/mol. The zero-order valence-corrected chi connectivity index (χ0v) is 14.9. The Balaban J connectivity index is 1.84. The van der Waals surface area contributed by atoms with Crippen molar-refractivity contribution >= 4 is 34.2 Å². The van der Waals surface area contributed by atoms with Crippen LogP contribution in [0.25, 0.3) is 16.8 Å². The quantitative estimate of drug-likeness (QED) is 0.609. The largest absolute Gasteiger partial charge is 0.495 e. The molecule has 0 aliphatic heterocycles. The molecule has 3 aromatic rings. The summed E-state index contributed by atoms with van der Waals surface area (Å²) in [5.41, 5.74) is 3.01. The zero-order valence-electron chi connectivity index (χ0n) is 13.4. The van der Waals surface area contributed by atoms with E-state index in [1.54, 1.807) is 13.3 Å². The Morgan fingerprint density at radius 3 is 2.72 bits per heavy atom. The van der Waals surface area contributed by atoms with Gasteiger partial charge >= 0.3 is 0 Å². The van der Waals surface area contributed by atoms with Gasteiger partial charge in [-0.3, -0.25) is 0 Å². The van der Waals surface area contributed by atoms with Crippen LogP contribution in [0, 0.1) is 11.3 Å². The highest BCUT2D eigenvalue weighted by atomic mass is 35.5. The summed E-state index contributed by atoms with van der Waals surface area (Å²) in [6.07, 6.45) is 1.64. The van der Waals surface area contributed by atoms with Gasteiger partial charge in [0, 0.05) is 22.2 Å². The Kier molecular flexibility index (Phi) is 5.34. The average Bonchev–Trinajstić information content (AvgIpc) is 3.13. The first-order chi connectivity index (χ1) is 12.2. The molecule has 1 aromatic heterocycles. The van der Waals surface area contributed by atoms with E-state index >= 15 is 0 Å². The third kappa shape index (κ3) is 4.00. The fourth-order valence-corrected chi connectivity index (χ4v) is 3.13. The SMILES string of the molecule is COc1ccccc1NC=C(C#N)c1nc(-c2ccc(Cl)cc2)cs1. The first-order valence-electron chi connectivity index (χ1n) is 7.43. The first-order valence-corrected chi connectivity index (χ1v) is 8.68. The van der Waals surface area contributed by atoms with Crippen molar-refractivity contribution < 1.29 is 4.74 Å². The number of hydrogen-bond donors (Lipinski definition) is 1. The molecule has 0 atom stereocenters. The third-order valence-electron chi connectivity index (χ3n) is 3.47. The van der Waals surface area contributed by atoms with Crippen LogP contribution in [0.4, 0.5) is 5.69 Å². The van der Waals surface area contributed by atoms with E-state index in [2.05, 4.69) is 16.4 Å². The number of nitrogens with one attached hydrogen (secondary N) is 1. The number of halogens is 1. The van der Waals surface area contributed by atoms with E-state index in [4.69, 9.17) is 16.3 Å². The molecule has 0 radical (unpaired) electrons. The van der Waals surface area contributed by atoms with Gasteiger partial charge in [-0.25, -0.2) is 4.98 Å². The number of nitriles is 1. The number of rotatable bonds is 5. The Labute approximate surface area is 155 Å². The van der Waals surface area contributed by atoms with Gasteiger partial charge < -0.3 is 10.1 Å². The smallest absolute Gasteiger partial charge is 0.142 e. The minimum Gasteiger partial charge on any atom is -0.495 e. The highest BCUT2D eigenvalue weighted by molar-refractivity contribution is 7.11. The number of para-hydroxylation sites is 2. The van der Waals surface area contributed by atoms with Crippen molar-refractivity contribution in [2.45, 2.75) is 0 Å². The molecule has 25 heavy (non-hydrogen) atoms. The van der Waals surface area contributed by atoms with Gasteiger partial charge in [-0.05, 0) is 24.3 Å². The van der Waals surface area contributed by atoms with Gasteiger partial charge in [0.05, 0.1) is 18.5 Å². The summed E-state index contributed by atoms with van der Waals surface area (Å²) in [5, 5.41) is 15.8. The second kappa shape index (κ2) is 7.84. The standard InChI is InChI=1S/C19H14ClN3OS/c1-24-18-5-3-2-4-16(18)22-11-14(10-21)19-23-17(12-25-19)13-6-8-15(20)9-7-13/h2-9,11-12,22H,1H3. The van der Waals surface area contributed by atoms with Crippen LogP contribution in [-0.2, 0) is 0 Å². The number of thiazole rings is 1. The highest BCUT2D eigenvalue weighted by Crippen LogP contribution is 2.28. The lowest BCUT2D eigenvalue weighted by molar-refractivity contribution is 0.417. The fraction of sp³-hybridized carbons (Fsp3) is 0.0526. The predicted octanol–water partition coefficient (Wildman–Crippen LogP) is 5.45. The molecule has 124 valence electrons. The molecule has 2 aromatic carbocycles. The lowest BCUT2D eigenvalue weighted by Crippen LogP contribution is -1.94. The third-order valence-corrected chi connectivity index (χ3v) is 4.60. The number of methoxy groups -OCH3 is 1. The summed E-state index contributed by atoms with van der Waals surface area (Å²) in [7, 11) is 1.61. The van der Waals surface area contributed by atoms with Crippen molar-refractivity contribution in [2.75, 3.05) is 12.4 Å². The van der Waals surface area contributed by atoms with Crippen LogP contribution in [-0.4, -0.2) is 12.1 Å². The van der Waals surface area contributed by atoms with Crippen molar-refractivity contribution in [3.8, 4) is 23.1 Å². The second-order valence-electron chi connectivity index (χ2n) is 5.06. The summed E-state index contributed by atoms with van der Waals surface area (Å²) in [6.45, 7) is 0. The molecule has 0 amide bonds. The van der Waals surface area contributed by atoms with E-state index in [0.29, 0.717) is 21.4 Å². The van der Waals surface area contributed by atoms with Crippen molar-refractivity contribution in [2.24, 2.45) is 0 Å². The Morgan fingerprint density at radius 1 is 1.24 bits per heavy atom. The molecule has 0 fully saturated rings. The topological polar surface area (TPSA) is 57.9 Å². The number of aromatic nitrogens is 1. The molecule has 0 bridgehead atoms. The van der Waals surface area contributed by atoms with Crippen molar-refractivity contribution in [1.82, 2.24) is 4.98 Å². The van der Waals surface area contributed by atoms with Crippen LogP contribution in [0.15, 0.2) is 60.1 Å². The minimum absolute atomic E-state index is 0.455. The van der Waals surface area contributed by atoms with Crippen LogP contribution in [0.3, 0.4) is 0 Å².